The van der Waals surface area contributed by atoms with Crippen LogP contribution in [0.3, 0.4) is 0 Å². The highest BCUT2D eigenvalue weighted by molar-refractivity contribution is 5.45. The molecule has 0 bridgehead atoms. The van der Waals surface area contributed by atoms with Gasteiger partial charge in [-0.2, -0.15) is 0 Å². The van der Waals surface area contributed by atoms with Gasteiger partial charge in [0.1, 0.15) is 18.0 Å². The molecule has 0 amide bonds. The minimum Gasteiger partial charge on any atom is -0.384 e. The summed E-state index contributed by atoms with van der Waals surface area (Å²) in [4.78, 5) is 10.5. The Morgan fingerprint density at radius 1 is 1.33 bits per heavy atom. The van der Waals surface area contributed by atoms with Gasteiger partial charge in [0.2, 0.25) is 0 Å². The summed E-state index contributed by atoms with van der Waals surface area (Å²) in [6.45, 7) is 4.48. The molecule has 0 spiro atoms. The second-order valence-electron chi connectivity index (χ2n) is 4.32. The predicted molar refractivity (Wildman–Crippen MR) is 61.7 cm³/mol. The van der Waals surface area contributed by atoms with Crippen molar-refractivity contribution in [3.8, 4) is 0 Å². The monoisotopic (exact) mass is 206 g/mol. The van der Waals surface area contributed by atoms with Crippen LogP contribution < -0.4 is 10.6 Å². The molecule has 0 aliphatic carbocycles. The van der Waals surface area contributed by atoms with Gasteiger partial charge in [0.15, 0.2) is 0 Å². The molecule has 0 aromatic carbocycles. The van der Waals surface area contributed by atoms with Crippen LogP contribution in [0.25, 0.3) is 0 Å². The molecule has 1 aromatic heterocycles. The van der Waals surface area contributed by atoms with Crippen molar-refractivity contribution in [1.29, 1.82) is 0 Å². The Labute approximate surface area is 90.5 Å². The Kier molecular flexibility index (Phi) is 3.04. The third kappa shape index (κ3) is 2.58. The molecule has 15 heavy (non-hydrogen) atoms. The van der Waals surface area contributed by atoms with Crippen molar-refractivity contribution in [3.05, 3.63) is 12.4 Å². The van der Waals surface area contributed by atoms with E-state index in [1.165, 1.54) is 19.3 Å². The summed E-state index contributed by atoms with van der Waals surface area (Å²) in [7, 11) is 0. The van der Waals surface area contributed by atoms with Crippen LogP contribution >= 0.6 is 0 Å². The summed E-state index contributed by atoms with van der Waals surface area (Å²) in [6, 6.07) is 1.86. The fourth-order valence-corrected chi connectivity index (χ4v) is 2.03. The molecule has 1 aliphatic heterocycles. The Morgan fingerprint density at radius 3 is 3.00 bits per heavy atom. The standard InChI is InChI=1S/C11H18N4/c1-9-3-2-5-15(6-4-9)11-7-10(12)13-8-14-11/h7-9H,2-6H2,1H3,(H2,12,13,14). The van der Waals surface area contributed by atoms with E-state index >= 15 is 0 Å². The first-order valence-corrected chi connectivity index (χ1v) is 5.58. The number of anilines is 2. The molecular formula is C11H18N4. The maximum atomic E-state index is 5.65. The lowest BCUT2D eigenvalue weighted by atomic mass is 10.0. The molecule has 2 rings (SSSR count). The topological polar surface area (TPSA) is 55.0 Å². The van der Waals surface area contributed by atoms with Gasteiger partial charge in [-0.3, -0.25) is 0 Å². The first-order valence-electron chi connectivity index (χ1n) is 5.58. The second kappa shape index (κ2) is 4.47. The van der Waals surface area contributed by atoms with Gasteiger partial charge < -0.3 is 10.6 Å². The van der Waals surface area contributed by atoms with E-state index in [9.17, 15) is 0 Å². The average molecular weight is 206 g/mol. The molecular weight excluding hydrogens is 188 g/mol. The lowest BCUT2D eigenvalue weighted by Crippen LogP contribution is -2.25. The number of hydrogen-bond donors (Lipinski definition) is 1. The second-order valence-corrected chi connectivity index (χ2v) is 4.32. The highest BCUT2D eigenvalue weighted by atomic mass is 15.2. The first kappa shape index (κ1) is 10.2. The van der Waals surface area contributed by atoms with Gasteiger partial charge in [-0.1, -0.05) is 6.92 Å². The van der Waals surface area contributed by atoms with Crippen molar-refractivity contribution < 1.29 is 0 Å². The van der Waals surface area contributed by atoms with Crippen LogP contribution in [0.4, 0.5) is 11.6 Å². The molecule has 2 N–H and O–H groups in total. The third-order valence-electron chi connectivity index (χ3n) is 3.01. The fraction of sp³-hybridized carbons (Fsp3) is 0.636. The summed E-state index contributed by atoms with van der Waals surface area (Å²) in [5.74, 6) is 2.35. The van der Waals surface area contributed by atoms with E-state index in [-0.39, 0.29) is 0 Å². The molecule has 1 aliphatic rings. The van der Waals surface area contributed by atoms with Gasteiger partial charge in [-0.15, -0.1) is 0 Å². The van der Waals surface area contributed by atoms with E-state index < -0.39 is 0 Å². The van der Waals surface area contributed by atoms with Crippen LogP contribution in [-0.2, 0) is 0 Å². The summed E-state index contributed by atoms with van der Waals surface area (Å²) >= 11 is 0. The van der Waals surface area contributed by atoms with Crippen molar-refractivity contribution in [2.75, 3.05) is 23.7 Å². The summed E-state index contributed by atoms with van der Waals surface area (Å²) in [5, 5.41) is 0. The quantitative estimate of drug-likeness (QED) is 0.759. The summed E-state index contributed by atoms with van der Waals surface area (Å²) in [6.07, 6.45) is 5.34. The SMILES string of the molecule is CC1CCCN(c2cc(N)ncn2)CC1. The zero-order valence-electron chi connectivity index (χ0n) is 9.19. The number of nitrogens with two attached hydrogens (primary N) is 1. The Morgan fingerprint density at radius 2 is 2.20 bits per heavy atom. The molecule has 0 saturated carbocycles. The van der Waals surface area contributed by atoms with Crippen molar-refractivity contribution in [1.82, 2.24) is 9.97 Å². The van der Waals surface area contributed by atoms with Crippen LogP contribution in [0.1, 0.15) is 26.2 Å². The van der Waals surface area contributed by atoms with Gasteiger partial charge in [-0.05, 0) is 25.2 Å². The zero-order valence-corrected chi connectivity index (χ0v) is 9.19. The summed E-state index contributed by atoms with van der Waals surface area (Å²) < 4.78 is 0. The smallest absolute Gasteiger partial charge is 0.134 e. The van der Waals surface area contributed by atoms with Crippen LogP contribution in [0.2, 0.25) is 0 Å². The van der Waals surface area contributed by atoms with E-state index in [4.69, 9.17) is 5.73 Å². The lowest BCUT2D eigenvalue weighted by molar-refractivity contribution is 0.521. The molecule has 1 atom stereocenters. The normalized spacial score (nSPS) is 22.5. The Balaban J connectivity index is 2.09. The first-order chi connectivity index (χ1) is 7.25. The van der Waals surface area contributed by atoms with Crippen LogP contribution in [-0.4, -0.2) is 23.1 Å². The number of aromatic nitrogens is 2. The number of nitrogen functional groups attached to an aromatic ring is 1. The van der Waals surface area contributed by atoms with Gasteiger partial charge in [0.25, 0.3) is 0 Å². The van der Waals surface area contributed by atoms with E-state index in [2.05, 4.69) is 21.8 Å². The molecule has 2 heterocycles. The number of hydrogen-bond acceptors (Lipinski definition) is 4. The molecule has 1 aromatic rings. The number of rotatable bonds is 1. The van der Waals surface area contributed by atoms with Gasteiger partial charge in [0.05, 0.1) is 0 Å². The van der Waals surface area contributed by atoms with Crippen molar-refractivity contribution in [2.24, 2.45) is 5.92 Å². The fourth-order valence-electron chi connectivity index (χ4n) is 2.03. The predicted octanol–water partition coefficient (Wildman–Crippen LogP) is 1.69. The van der Waals surface area contributed by atoms with E-state index in [0.717, 1.165) is 24.8 Å². The highest BCUT2D eigenvalue weighted by Gasteiger charge is 2.14. The largest absolute Gasteiger partial charge is 0.384 e. The van der Waals surface area contributed by atoms with Crippen LogP contribution in [0.5, 0.6) is 0 Å². The van der Waals surface area contributed by atoms with E-state index in [1.807, 2.05) is 6.07 Å². The van der Waals surface area contributed by atoms with E-state index in [1.54, 1.807) is 6.33 Å². The molecule has 4 heteroatoms. The van der Waals surface area contributed by atoms with Crippen molar-refractivity contribution in [2.45, 2.75) is 26.2 Å². The highest BCUT2D eigenvalue weighted by Crippen LogP contribution is 2.21. The average Bonchev–Trinajstić information content (AvgIpc) is 2.43. The molecule has 1 saturated heterocycles. The minimum absolute atomic E-state index is 0.553. The Bertz CT molecular complexity index is 326. The maximum Gasteiger partial charge on any atom is 0.134 e. The van der Waals surface area contributed by atoms with Crippen molar-refractivity contribution in [3.63, 3.8) is 0 Å². The zero-order chi connectivity index (χ0) is 10.7. The van der Waals surface area contributed by atoms with Crippen molar-refractivity contribution >= 4 is 11.6 Å². The van der Waals surface area contributed by atoms with Gasteiger partial charge >= 0.3 is 0 Å². The molecule has 4 nitrogen and oxygen atoms in total. The van der Waals surface area contributed by atoms with Crippen LogP contribution in [0.15, 0.2) is 12.4 Å². The van der Waals surface area contributed by atoms with E-state index in [0.29, 0.717) is 5.82 Å². The third-order valence-corrected chi connectivity index (χ3v) is 3.01. The molecule has 1 fully saturated rings. The van der Waals surface area contributed by atoms with Crippen LogP contribution in [0, 0.1) is 5.92 Å². The minimum atomic E-state index is 0.553. The van der Waals surface area contributed by atoms with Gasteiger partial charge in [-0.25, -0.2) is 9.97 Å². The maximum absolute atomic E-state index is 5.65. The van der Waals surface area contributed by atoms with Gasteiger partial charge in [0, 0.05) is 19.2 Å². The molecule has 82 valence electrons. The molecule has 1 unspecified atom stereocenters. The lowest BCUT2D eigenvalue weighted by Gasteiger charge is -2.21. The number of nitrogens with zero attached hydrogens (tertiary/aromatic N) is 3. The summed E-state index contributed by atoms with van der Waals surface area (Å²) in [5.41, 5.74) is 5.65. The Hall–Kier alpha value is -1.32. The molecule has 0 radical (unpaired) electrons.